The van der Waals surface area contributed by atoms with Crippen molar-refractivity contribution in [2.45, 2.75) is 0 Å². The van der Waals surface area contributed by atoms with E-state index in [1.165, 1.54) is 0 Å². The van der Waals surface area contributed by atoms with Crippen LogP contribution in [0.5, 0.6) is 0 Å². The minimum Gasteiger partial charge on any atom is -0.347 e. The van der Waals surface area contributed by atoms with Gasteiger partial charge in [-0.1, -0.05) is 0 Å². The largest absolute Gasteiger partial charge is 0.347 e. The normalized spacial score (nSPS) is 18.8. The molecule has 3 nitrogen and oxygen atoms in total. The molecule has 0 bridgehead atoms. The van der Waals surface area contributed by atoms with Crippen LogP contribution in [0, 0.1) is 5.92 Å². The van der Waals surface area contributed by atoms with E-state index >= 15 is 0 Å². The van der Waals surface area contributed by atoms with Crippen molar-refractivity contribution < 1.29 is 4.79 Å². The number of hydrogen-bond donors (Lipinski definition) is 2. The van der Waals surface area contributed by atoms with E-state index in [0.717, 1.165) is 19.6 Å². The average molecular weight is 240 g/mol. The van der Waals surface area contributed by atoms with Crippen molar-refractivity contribution >= 4 is 26.5 Å². The maximum Gasteiger partial charge on any atom is 0.280 e. The van der Waals surface area contributed by atoms with Gasteiger partial charge >= 0.3 is 0 Å². The minimum atomic E-state index is 0.0412. The first kappa shape index (κ1) is 7.27. The quantitative estimate of drug-likeness (QED) is 0.415. The maximum absolute atomic E-state index is 10.3. The predicted molar refractivity (Wildman–Crippen MR) is 43.8 cm³/mol. The van der Waals surface area contributed by atoms with Crippen molar-refractivity contribution in [3.05, 3.63) is 0 Å². The molecule has 0 spiro atoms. The second-order valence-electron chi connectivity index (χ2n) is 2.18. The summed E-state index contributed by atoms with van der Waals surface area (Å²) in [4.78, 5) is 10.3. The zero-order valence-electron chi connectivity index (χ0n) is 4.98. The average Bonchev–Trinajstić information content (AvgIpc) is 1.60. The van der Waals surface area contributed by atoms with Crippen molar-refractivity contribution in [2.75, 3.05) is 19.6 Å². The molecule has 0 aliphatic carbocycles. The fraction of sp³-hybridized carbons (Fsp3) is 0.800. The molecular formula is C5H9IN2O. The first-order chi connectivity index (χ1) is 4.29. The summed E-state index contributed by atoms with van der Waals surface area (Å²) >= 11 is 1.75. The van der Waals surface area contributed by atoms with Crippen LogP contribution in [-0.4, -0.2) is 23.5 Å². The van der Waals surface area contributed by atoms with Gasteiger partial charge in [-0.2, -0.15) is 0 Å². The van der Waals surface area contributed by atoms with E-state index < -0.39 is 0 Å². The van der Waals surface area contributed by atoms with E-state index in [-0.39, 0.29) is 3.91 Å². The fourth-order valence-electron chi connectivity index (χ4n) is 0.717. The molecule has 0 aromatic rings. The third-order valence-electron chi connectivity index (χ3n) is 1.40. The topological polar surface area (TPSA) is 41.1 Å². The van der Waals surface area contributed by atoms with Crippen molar-refractivity contribution in [1.29, 1.82) is 0 Å². The molecule has 1 aliphatic heterocycles. The molecular weight excluding hydrogens is 231 g/mol. The monoisotopic (exact) mass is 240 g/mol. The van der Waals surface area contributed by atoms with Gasteiger partial charge in [0, 0.05) is 48.1 Å². The summed E-state index contributed by atoms with van der Waals surface area (Å²) in [7, 11) is 0. The van der Waals surface area contributed by atoms with Crippen LogP contribution in [0.4, 0.5) is 4.79 Å². The van der Waals surface area contributed by atoms with Gasteiger partial charge in [0.1, 0.15) is 0 Å². The third-order valence-corrected chi connectivity index (χ3v) is 1.78. The van der Waals surface area contributed by atoms with Gasteiger partial charge in [0.2, 0.25) is 0 Å². The lowest BCUT2D eigenvalue weighted by atomic mass is 10.0. The zero-order valence-corrected chi connectivity index (χ0v) is 7.14. The highest BCUT2D eigenvalue weighted by Crippen LogP contribution is 2.00. The Labute approximate surface area is 67.7 Å². The molecule has 2 N–H and O–H groups in total. The first-order valence-corrected chi connectivity index (χ1v) is 4.01. The molecule has 0 aromatic carbocycles. The number of halogens is 1. The second kappa shape index (κ2) is 3.36. The van der Waals surface area contributed by atoms with Crippen LogP contribution in [0.1, 0.15) is 0 Å². The summed E-state index contributed by atoms with van der Waals surface area (Å²) in [6.45, 7) is 2.93. The van der Waals surface area contributed by atoms with Crippen LogP contribution < -0.4 is 10.6 Å². The number of nitrogens with one attached hydrogen (secondary N) is 2. The molecule has 1 aliphatic rings. The number of hydrogen-bond acceptors (Lipinski definition) is 2. The molecule has 1 amide bonds. The maximum atomic E-state index is 10.3. The zero-order chi connectivity index (χ0) is 6.69. The van der Waals surface area contributed by atoms with Crippen molar-refractivity contribution in [3.63, 3.8) is 0 Å². The predicted octanol–water partition coefficient (Wildman–Crippen LogP) is 0.350. The summed E-state index contributed by atoms with van der Waals surface area (Å²) in [6, 6.07) is 0. The van der Waals surface area contributed by atoms with Gasteiger partial charge in [0.15, 0.2) is 0 Å². The van der Waals surface area contributed by atoms with Gasteiger partial charge < -0.3 is 10.6 Å². The van der Waals surface area contributed by atoms with E-state index in [1.54, 1.807) is 22.6 Å². The molecule has 52 valence electrons. The molecule has 4 heteroatoms. The summed E-state index contributed by atoms with van der Waals surface area (Å²) in [5.41, 5.74) is 0. The number of amides is 1. The minimum absolute atomic E-state index is 0.0412. The highest BCUT2D eigenvalue weighted by Gasteiger charge is 2.15. The van der Waals surface area contributed by atoms with Gasteiger partial charge in [-0.3, -0.25) is 4.79 Å². The molecule has 0 atom stereocenters. The molecule has 9 heavy (non-hydrogen) atoms. The lowest BCUT2D eigenvalue weighted by Crippen LogP contribution is -2.47. The molecule has 1 heterocycles. The van der Waals surface area contributed by atoms with Gasteiger partial charge in [0.05, 0.1) is 0 Å². The van der Waals surface area contributed by atoms with Crippen LogP contribution in [0.25, 0.3) is 0 Å². The summed E-state index contributed by atoms with van der Waals surface area (Å²) in [6.07, 6.45) is 0. The van der Waals surface area contributed by atoms with Crippen molar-refractivity contribution in [1.82, 2.24) is 10.6 Å². The summed E-state index contributed by atoms with van der Waals surface area (Å²) in [5.74, 6) is 0.670. The molecule has 0 aromatic heterocycles. The van der Waals surface area contributed by atoms with Crippen LogP contribution in [-0.2, 0) is 0 Å². The van der Waals surface area contributed by atoms with E-state index in [1.807, 2.05) is 0 Å². The standard InChI is InChI=1S/C5H9IN2O/c6-5(9)8-3-4-1-7-2-4/h4,7H,1-3H2,(H,8,9). The third kappa shape index (κ3) is 2.49. The van der Waals surface area contributed by atoms with Gasteiger partial charge in [-0.05, 0) is 0 Å². The number of rotatable bonds is 2. The van der Waals surface area contributed by atoms with Crippen molar-refractivity contribution in [3.8, 4) is 0 Å². The molecule has 1 rings (SSSR count). The SMILES string of the molecule is O=C(I)NCC1CNC1. The van der Waals surface area contributed by atoms with E-state index in [9.17, 15) is 4.79 Å². The Morgan fingerprint density at radius 2 is 2.44 bits per heavy atom. The molecule has 0 saturated carbocycles. The smallest absolute Gasteiger partial charge is 0.280 e. The molecule has 1 fully saturated rings. The Hall–Kier alpha value is 0.160. The van der Waals surface area contributed by atoms with Crippen LogP contribution in [0.15, 0.2) is 0 Å². The van der Waals surface area contributed by atoms with Gasteiger partial charge in [-0.25, -0.2) is 0 Å². The molecule has 1 saturated heterocycles. The summed E-state index contributed by atoms with van der Waals surface area (Å²) < 4.78 is 0.0412. The Bertz CT molecular complexity index is 114. The molecule has 0 radical (unpaired) electrons. The first-order valence-electron chi connectivity index (χ1n) is 2.93. The second-order valence-corrected chi connectivity index (χ2v) is 3.16. The van der Waals surface area contributed by atoms with E-state index in [2.05, 4.69) is 10.6 Å². The fourth-order valence-corrected chi connectivity index (χ4v) is 0.938. The van der Waals surface area contributed by atoms with E-state index in [0.29, 0.717) is 5.92 Å². The Morgan fingerprint density at radius 3 is 2.78 bits per heavy atom. The van der Waals surface area contributed by atoms with E-state index in [4.69, 9.17) is 0 Å². The highest BCUT2D eigenvalue weighted by atomic mass is 127. The highest BCUT2D eigenvalue weighted by molar-refractivity contribution is 14.1. The summed E-state index contributed by atoms with van der Waals surface area (Å²) in [5, 5.41) is 5.89. The lowest BCUT2D eigenvalue weighted by Gasteiger charge is -2.26. The van der Waals surface area contributed by atoms with Crippen LogP contribution >= 0.6 is 22.6 Å². The van der Waals surface area contributed by atoms with Gasteiger partial charge in [-0.15, -0.1) is 0 Å². The Kier molecular flexibility index (Phi) is 2.71. The Morgan fingerprint density at radius 1 is 1.78 bits per heavy atom. The van der Waals surface area contributed by atoms with Crippen LogP contribution in [0.2, 0.25) is 0 Å². The number of carbonyl (C=O) groups is 1. The number of carbonyl (C=O) groups excluding carboxylic acids is 1. The lowest BCUT2D eigenvalue weighted by molar-refractivity contribution is 0.257. The van der Waals surface area contributed by atoms with Crippen LogP contribution in [0.3, 0.4) is 0 Å². The van der Waals surface area contributed by atoms with Gasteiger partial charge in [0.25, 0.3) is 3.91 Å². The Balaban J connectivity index is 1.97. The van der Waals surface area contributed by atoms with Crippen molar-refractivity contribution in [2.24, 2.45) is 5.92 Å². The molecule has 0 unspecified atom stereocenters.